The first-order valence-corrected chi connectivity index (χ1v) is 41.0. The van der Waals surface area contributed by atoms with Crippen molar-refractivity contribution in [2.75, 3.05) is 39.6 Å². The molecule has 92 heavy (non-hydrogen) atoms. The molecule has 2 unspecified atom stereocenters. The van der Waals surface area contributed by atoms with Crippen molar-refractivity contribution in [3.8, 4) is 0 Å². The third kappa shape index (κ3) is 66.7. The average molecular weight is 1350 g/mol. The maximum absolute atomic E-state index is 13.1. The van der Waals surface area contributed by atoms with Gasteiger partial charge in [0, 0.05) is 25.7 Å². The fraction of sp³-hybridized carbons (Fsp3) is 0.945. The molecule has 19 heteroatoms. The van der Waals surface area contributed by atoms with Crippen LogP contribution in [-0.2, 0) is 65.4 Å². The molecule has 0 aromatic carbocycles. The highest BCUT2D eigenvalue weighted by Crippen LogP contribution is 2.45. The first-order chi connectivity index (χ1) is 44.4. The number of esters is 4. The van der Waals surface area contributed by atoms with E-state index in [9.17, 15) is 43.2 Å². The second kappa shape index (κ2) is 65.0. The molecule has 0 aromatic rings. The second-order valence-electron chi connectivity index (χ2n) is 27.3. The summed E-state index contributed by atoms with van der Waals surface area (Å²) in [5.74, 6) is -0.626. The highest BCUT2D eigenvalue weighted by Gasteiger charge is 2.30. The number of ether oxygens (including phenoxy) is 4. The van der Waals surface area contributed by atoms with Gasteiger partial charge in [0.2, 0.25) is 0 Å². The molecule has 546 valence electrons. The van der Waals surface area contributed by atoms with Crippen molar-refractivity contribution < 1.29 is 80.2 Å². The molecule has 0 radical (unpaired) electrons. The van der Waals surface area contributed by atoms with E-state index in [1.165, 1.54) is 193 Å². The lowest BCUT2D eigenvalue weighted by molar-refractivity contribution is -0.161. The highest BCUT2D eigenvalue weighted by atomic mass is 31.2. The highest BCUT2D eigenvalue weighted by molar-refractivity contribution is 7.47. The van der Waals surface area contributed by atoms with E-state index < -0.39 is 97.5 Å². The summed E-state index contributed by atoms with van der Waals surface area (Å²) >= 11 is 0. The van der Waals surface area contributed by atoms with Crippen LogP contribution >= 0.6 is 15.6 Å². The molecular weight excluding hydrogens is 1210 g/mol. The number of rotatable bonds is 72. The smallest absolute Gasteiger partial charge is 0.462 e. The Balaban J connectivity index is 5.22. The number of hydrogen-bond acceptors (Lipinski definition) is 15. The number of phosphoric acid groups is 2. The van der Waals surface area contributed by atoms with E-state index in [4.69, 9.17) is 37.0 Å². The number of unbranched alkanes of at least 4 members (excludes halogenated alkanes) is 42. The van der Waals surface area contributed by atoms with Gasteiger partial charge in [0.05, 0.1) is 26.4 Å². The van der Waals surface area contributed by atoms with Crippen LogP contribution in [0.5, 0.6) is 0 Å². The Morgan fingerprint density at radius 1 is 0.293 bits per heavy atom. The molecule has 0 aliphatic rings. The molecule has 0 heterocycles. The predicted octanol–water partition coefficient (Wildman–Crippen LogP) is 21.2. The van der Waals surface area contributed by atoms with E-state index in [1.807, 2.05) is 0 Å². The number of aliphatic hydroxyl groups is 1. The van der Waals surface area contributed by atoms with Crippen LogP contribution < -0.4 is 0 Å². The summed E-state index contributed by atoms with van der Waals surface area (Å²) in [6.07, 6.45) is 51.4. The number of phosphoric ester groups is 2. The van der Waals surface area contributed by atoms with E-state index in [0.29, 0.717) is 25.7 Å². The van der Waals surface area contributed by atoms with Crippen molar-refractivity contribution in [3.63, 3.8) is 0 Å². The molecule has 0 aliphatic heterocycles. The zero-order valence-electron chi connectivity index (χ0n) is 59.9. The minimum atomic E-state index is -4.95. The van der Waals surface area contributed by atoms with Crippen molar-refractivity contribution in [1.82, 2.24) is 0 Å². The summed E-state index contributed by atoms with van der Waals surface area (Å²) in [7, 11) is -9.90. The summed E-state index contributed by atoms with van der Waals surface area (Å²) in [6.45, 7) is 9.53. The number of carbonyl (C=O) groups excluding carboxylic acids is 4. The Morgan fingerprint density at radius 2 is 0.500 bits per heavy atom. The van der Waals surface area contributed by atoms with E-state index in [1.54, 1.807) is 0 Å². The fourth-order valence-electron chi connectivity index (χ4n) is 11.1. The summed E-state index contributed by atoms with van der Waals surface area (Å²) in [4.78, 5) is 72.6. The lowest BCUT2D eigenvalue weighted by atomic mass is 10.0. The molecule has 0 aliphatic carbocycles. The summed E-state index contributed by atoms with van der Waals surface area (Å²) in [5, 5.41) is 10.6. The predicted molar refractivity (Wildman–Crippen MR) is 372 cm³/mol. The van der Waals surface area contributed by atoms with Gasteiger partial charge in [-0.25, -0.2) is 9.13 Å². The zero-order valence-corrected chi connectivity index (χ0v) is 61.6. The SMILES string of the molecule is CCCCCCCCCCCCCCCCCCCCC(=O)O[C@H](COC(=O)CCCCCCCCCCCCC(C)C)COP(=O)(O)OC[C@@H](O)COP(=O)(O)OC[C@@H](COC(=O)CCCCCCCCCCC)OC(=O)CCCCCCCCCCCC(C)C. The van der Waals surface area contributed by atoms with Crippen molar-refractivity contribution in [1.29, 1.82) is 0 Å². The minimum Gasteiger partial charge on any atom is -0.462 e. The maximum atomic E-state index is 13.1. The van der Waals surface area contributed by atoms with Crippen LogP contribution in [-0.4, -0.2) is 96.7 Å². The van der Waals surface area contributed by atoms with Gasteiger partial charge in [-0.05, 0) is 37.5 Å². The van der Waals surface area contributed by atoms with Gasteiger partial charge in [0.1, 0.15) is 19.3 Å². The fourth-order valence-corrected chi connectivity index (χ4v) is 12.7. The molecule has 0 amide bonds. The van der Waals surface area contributed by atoms with E-state index >= 15 is 0 Å². The Morgan fingerprint density at radius 3 is 0.739 bits per heavy atom. The number of hydrogen-bond donors (Lipinski definition) is 3. The van der Waals surface area contributed by atoms with Gasteiger partial charge in [-0.1, -0.05) is 324 Å². The van der Waals surface area contributed by atoms with Crippen molar-refractivity contribution in [3.05, 3.63) is 0 Å². The molecule has 0 aromatic heterocycles. The van der Waals surface area contributed by atoms with E-state index in [2.05, 4.69) is 41.5 Å². The molecule has 0 saturated carbocycles. The molecule has 0 bridgehead atoms. The summed E-state index contributed by atoms with van der Waals surface area (Å²) in [6, 6.07) is 0. The standard InChI is InChI=1S/C73H142O17P2/c1-7-9-11-13-15-17-18-19-20-21-22-23-24-25-33-39-45-51-57-72(77)89-69(62-84-71(76)56-50-44-38-32-27-26-30-35-41-47-53-65(3)4)64-88-92(81,82)86-60-67(74)59-85-91(79,80)87-63-68(61-83-70(75)55-49-43-37-29-16-14-12-10-8-2)90-73(78)58-52-46-40-34-28-31-36-42-48-54-66(5)6/h65-69,74H,7-64H2,1-6H3,(H,79,80)(H,81,82)/t67-,68+,69+/m0/s1. The van der Waals surface area contributed by atoms with Gasteiger partial charge in [0.25, 0.3) is 0 Å². The van der Waals surface area contributed by atoms with Gasteiger partial charge < -0.3 is 33.8 Å². The van der Waals surface area contributed by atoms with Crippen LogP contribution in [0.25, 0.3) is 0 Å². The normalized spacial score (nSPS) is 14.1. The number of carbonyl (C=O) groups is 4. The Hall–Kier alpha value is -1.94. The van der Waals surface area contributed by atoms with Crippen molar-refractivity contribution in [2.45, 2.75) is 394 Å². The third-order valence-electron chi connectivity index (χ3n) is 17.0. The molecule has 3 N–H and O–H groups in total. The molecule has 17 nitrogen and oxygen atoms in total. The lowest BCUT2D eigenvalue weighted by Crippen LogP contribution is -2.30. The monoisotopic (exact) mass is 1350 g/mol. The van der Waals surface area contributed by atoms with Crippen LogP contribution in [0, 0.1) is 11.8 Å². The molecule has 5 atom stereocenters. The van der Waals surface area contributed by atoms with Crippen LogP contribution in [0.2, 0.25) is 0 Å². The van der Waals surface area contributed by atoms with E-state index in [-0.39, 0.29) is 25.7 Å². The van der Waals surface area contributed by atoms with Crippen LogP contribution in [0.4, 0.5) is 0 Å². The van der Waals surface area contributed by atoms with Gasteiger partial charge in [-0.2, -0.15) is 0 Å². The van der Waals surface area contributed by atoms with Gasteiger partial charge in [-0.15, -0.1) is 0 Å². The Bertz CT molecular complexity index is 1790. The zero-order chi connectivity index (χ0) is 67.9. The largest absolute Gasteiger partial charge is 0.472 e. The maximum Gasteiger partial charge on any atom is 0.472 e. The quantitative estimate of drug-likeness (QED) is 0.0222. The molecule has 0 spiro atoms. The third-order valence-corrected chi connectivity index (χ3v) is 18.9. The first-order valence-electron chi connectivity index (χ1n) is 38.0. The first kappa shape index (κ1) is 90.1. The Labute approximate surface area is 562 Å². The summed E-state index contributed by atoms with van der Waals surface area (Å²) in [5.41, 5.74) is 0. The van der Waals surface area contributed by atoms with Crippen molar-refractivity contribution in [2.24, 2.45) is 11.8 Å². The van der Waals surface area contributed by atoms with Gasteiger partial charge in [-0.3, -0.25) is 37.3 Å². The lowest BCUT2D eigenvalue weighted by Gasteiger charge is -2.21. The molecular formula is C73H142O17P2. The topological polar surface area (TPSA) is 237 Å². The van der Waals surface area contributed by atoms with E-state index in [0.717, 1.165) is 102 Å². The Kier molecular flexibility index (Phi) is 63.7. The number of aliphatic hydroxyl groups excluding tert-OH is 1. The van der Waals surface area contributed by atoms with Gasteiger partial charge in [0.15, 0.2) is 12.2 Å². The van der Waals surface area contributed by atoms with Gasteiger partial charge >= 0.3 is 39.5 Å². The molecule has 0 rings (SSSR count). The average Bonchev–Trinajstić information content (AvgIpc) is 3.70. The molecule has 0 saturated heterocycles. The van der Waals surface area contributed by atoms with Crippen molar-refractivity contribution >= 4 is 39.5 Å². The van der Waals surface area contributed by atoms with Crippen LogP contribution in [0.1, 0.15) is 375 Å². The van der Waals surface area contributed by atoms with Crippen LogP contribution in [0.3, 0.4) is 0 Å². The summed E-state index contributed by atoms with van der Waals surface area (Å²) < 4.78 is 68.4. The second-order valence-corrected chi connectivity index (χ2v) is 30.2. The minimum absolute atomic E-state index is 0.105. The molecule has 0 fully saturated rings. The van der Waals surface area contributed by atoms with Crippen LogP contribution in [0.15, 0.2) is 0 Å².